The van der Waals surface area contributed by atoms with Gasteiger partial charge < -0.3 is 15.2 Å². The van der Waals surface area contributed by atoms with Gasteiger partial charge in [-0.2, -0.15) is 0 Å². The Labute approximate surface area is 163 Å². The van der Waals surface area contributed by atoms with Crippen molar-refractivity contribution in [2.75, 3.05) is 11.9 Å². The van der Waals surface area contributed by atoms with E-state index in [1.807, 2.05) is 29.5 Å². The molecular weight excluding hydrogens is 455 g/mol. The summed E-state index contributed by atoms with van der Waals surface area (Å²) in [6.07, 6.45) is 0. The molecule has 8 heteroatoms. The molecule has 2 aromatic carbocycles. The number of ether oxygens (including phenoxy) is 1. The first-order valence-electron chi connectivity index (χ1n) is 7.28. The third-order valence-electron chi connectivity index (χ3n) is 3.11. The molecule has 2 aromatic rings. The Hall–Kier alpha value is -2.20. The Kier molecular flexibility index (Phi) is 6.71. The standard InChI is InChI=1S/C17H15IN2O4S/c1-2-24-12-6-3-10(4-7-12)15(21)20-17(25)19-14-8-5-11(18)9-13(14)16(22)23/h3-9H,2H2,1H3,(H,22,23)(H2,19,20,21,25). The molecule has 0 aromatic heterocycles. The van der Waals surface area contributed by atoms with Gasteiger partial charge in [0.05, 0.1) is 17.9 Å². The number of carbonyl (C=O) groups excluding carboxylic acids is 1. The van der Waals surface area contributed by atoms with Crippen LogP contribution in [-0.4, -0.2) is 28.7 Å². The quantitative estimate of drug-likeness (QED) is 0.458. The Balaban J connectivity index is 2.05. The van der Waals surface area contributed by atoms with E-state index in [4.69, 9.17) is 17.0 Å². The van der Waals surface area contributed by atoms with Crippen LogP contribution in [0, 0.1) is 3.57 Å². The second kappa shape index (κ2) is 8.77. The predicted molar refractivity (Wildman–Crippen MR) is 107 cm³/mol. The smallest absolute Gasteiger partial charge is 0.337 e. The molecule has 0 heterocycles. The fourth-order valence-electron chi connectivity index (χ4n) is 2.00. The van der Waals surface area contributed by atoms with Gasteiger partial charge in [0.2, 0.25) is 0 Å². The minimum atomic E-state index is -1.08. The first-order valence-corrected chi connectivity index (χ1v) is 8.77. The van der Waals surface area contributed by atoms with Crippen LogP contribution in [0.15, 0.2) is 42.5 Å². The predicted octanol–water partition coefficient (Wildman–Crippen LogP) is 3.51. The number of hydrogen-bond acceptors (Lipinski definition) is 4. The maximum atomic E-state index is 12.2. The molecule has 1 amide bonds. The molecule has 3 N–H and O–H groups in total. The number of rotatable bonds is 5. The summed E-state index contributed by atoms with van der Waals surface area (Å²) in [5.41, 5.74) is 0.795. The van der Waals surface area contributed by atoms with Gasteiger partial charge in [0.25, 0.3) is 5.91 Å². The zero-order valence-corrected chi connectivity index (χ0v) is 16.2. The Morgan fingerprint density at radius 1 is 1.20 bits per heavy atom. The fourth-order valence-corrected chi connectivity index (χ4v) is 2.69. The SMILES string of the molecule is CCOc1ccc(C(=O)NC(=S)Nc2ccc(I)cc2C(=O)O)cc1. The second-order valence-electron chi connectivity index (χ2n) is 4.86. The number of hydrogen-bond donors (Lipinski definition) is 3. The van der Waals surface area contributed by atoms with Crippen molar-refractivity contribution in [1.29, 1.82) is 0 Å². The van der Waals surface area contributed by atoms with E-state index in [9.17, 15) is 14.7 Å². The van der Waals surface area contributed by atoms with Crippen molar-refractivity contribution in [3.05, 3.63) is 57.2 Å². The highest BCUT2D eigenvalue weighted by Gasteiger charge is 2.13. The van der Waals surface area contributed by atoms with Crippen molar-refractivity contribution in [1.82, 2.24) is 5.32 Å². The number of halogens is 1. The molecule has 0 saturated carbocycles. The minimum absolute atomic E-state index is 0.0163. The molecule has 0 radical (unpaired) electrons. The second-order valence-corrected chi connectivity index (χ2v) is 6.51. The van der Waals surface area contributed by atoms with E-state index in [0.29, 0.717) is 23.6 Å². The summed E-state index contributed by atoms with van der Waals surface area (Å²) in [4.78, 5) is 23.5. The van der Waals surface area contributed by atoms with E-state index in [-0.39, 0.29) is 10.7 Å². The van der Waals surface area contributed by atoms with E-state index in [0.717, 1.165) is 3.57 Å². The third-order valence-corrected chi connectivity index (χ3v) is 3.99. The average Bonchev–Trinajstić information content (AvgIpc) is 2.57. The highest BCUT2D eigenvalue weighted by atomic mass is 127. The first-order chi connectivity index (χ1) is 11.9. The van der Waals surface area contributed by atoms with Crippen LogP contribution in [0.1, 0.15) is 27.6 Å². The molecule has 0 atom stereocenters. The minimum Gasteiger partial charge on any atom is -0.494 e. The van der Waals surface area contributed by atoms with Crippen LogP contribution in [0.2, 0.25) is 0 Å². The zero-order valence-electron chi connectivity index (χ0n) is 13.2. The summed E-state index contributed by atoms with van der Waals surface area (Å²) in [6, 6.07) is 11.5. The van der Waals surface area contributed by atoms with Crippen molar-refractivity contribution in [2.24, 2.45) is 0 Å². The molecule has 0 unspecified atom stereocenters. The number of anilines is 1. The summed E-state index contributed by atoms with van der Waals surface area (Å²) in [6.45, 7) is 2.42. The van der Waals surface area contributed by atoms with E-state index in [1.165, 1.54) is 6.07 Å². The molecule has 0 aliphatic heterocycles. The van der Waals surface area contributed by atoms with Crippen LogP contribution in [0.5, 0.6) is 5.75 Å². The van der Waals surface area contributed by atoms with Gasteiger partial charge in [-0.25, -0.2) is 4.79 Å². The van der Waals surface area contributed by atoms with Crippen molar-refractivity contribution < 1.29 is 19.4 Å². The molecule has 6 nitrogen and oxygen atoms in total. The van der Waals surface area contributed by atoms with E-state index >= 15 is 0 Å². The number of nitrogens with one attached hydrogen (secondary N) is 2. The summed E-state index contributed by atoms with van der Waals surface area (Å²) in [5.74, 6) is -0.811. The maximum Gasteiger partial charge on any atom is 0.337 e. The molecule has 0 saturated heterocycles. The number of carbonyl (C=O) groups is 2. The number of carboxylic acid groups (broad SMARTS) is 1. The van der Waals surface area contributed by atoms with E-state index < -0.39 is 11.9 Å². The topological polar surface area (TPSA) is 87.7 Å². The fraction of sp³-hybridized carbons (Fsp3) is 0.118. The molecule has 0 aliphatic rings. The van der Waals surface area contributed by atoms with Crippen LogP contribution < -0.4 is 15.4 Å². The lowest BCUT2D eigenvalue weighted by molar-refractivity contribution is 0.0697. The lowest BCUT2D eigenvalue weighted by atomic mass is 10.2. The van der Waals surface area contributed by atoms with Gasteiger partial charge >= 0.3 is 5.97 Å². The highest BCUT2D eigenvalue weighted by molar-refractivity contribution is 14.1. The first kappa shape index (κ1) is 19.1. The average molecular weight is 470 g/mol. The van der Waals surface area contributed by atoms with Gasteiger partial charge in [0.15, 0.2) is 5.11 Å². The number of amides is 1. The molecule has 0 spiro atoms. The van der Waals surface area contributed by atoms with Crippen molar-refractivity contribution >= 4 is 57.5 Å². The van der Waals surface area contributed by atoms with Gasteiger partial charge in [-0.3, -0.25) is 10.1 Å². The van der Waals surface area contributed by atoms with Crippen LogP contribution in [0.25, 0.3) is 0 Å². The molecule has 0 bridgehead atoms. The highest BCUT2D eigenvalue weighted by Crippen LogP contribution is 2.19. The Bertz CT molecular complexity index is 809. The van der Waals surface area contributed by atoms with Crippen LogP contribution in [0.3, 0.4) is 0 Å². The van der Waals surface area contributed by atoms with E-state index in [1.54, 1.807) is 36.4 Å². The molecule has 0 fully saturated rings. The largest absolute Gasteiger partial charge is 0.494 e. The number of thiocarbonyl (C=S) groups is 1. The summed E-state index contributed by atoms with van der Waals surface area (Å²) in [5, 5.41) is 14.5. The molecule has 2 rings (SSSR count). The number of carboxylic acids is 1. The van der Waals surface area contributed by atoms with Crippen molar-refractivity contribution in [3.63, 3.8) is 0 Å². The molecule has 0 aliphatic carbocycles. The molecular formula is C17H15IN2O4S. The van der Waals surface area contributed by atoms with E-state index in [2.05, 4.69) is 10.6 Å². The molecule has 25 heavy (non-hydrogen) atoms. The van der Waals surface area contributed by atoms with Crippen LogP contribution >= 0.6 is 34.8 Å². The van der Waals surface area contributed by atoms with Gasteiger partial charge in [0, 0.05) is 9.13 Å². The number of benzene rings is 2. The Morgan fingerprint density at radius 2 is 1.88 bits per heavy atom. The van der Waals surface area contributed by atoms with Gasteiger partial charge in [0.1, 0.15) is 5.75 Å². The lowest BCUT2D eigenvalue weighted by Crippen LogP contribution is -2.34. The van der Waals surface area contributed by atoms with Crippen LogP contribution in [0.4, 0.5) is 5.69 Å². The monoisotopic (exact) mass is 470 g/mol. The zero-order chi connectivity index (χ0) is 18.4. The van der Waals surface area contributed by atoms with Crippen molar-refractivity contribution in [3.8, 4) is 5.75 Å². The van der Waals surface area contributed by atoms with Crippen LogP contribution in [-0.2, 0) is 0 Å². The van der Waals surface area contributed by atoms with Crippen molar-refractivity contribution in [2.45, 2.75) is 6.92 Å². The maximum absolute atomic E-state index is 12.2. The van der Waals surface area contributed by atoms with Gasteiger partial charge in [-0.1, -0.05) is 0 Å². The normalized spacial score (nSPS) is 10.0. The lowest BCUT2D eigenvalue weighted by Gasteiger charge is -2.12. The van der Waals surface area contributed by atoms with Gasteiger partial charge in [-0.15, -0.1) is 0 Å². The Morgan fingerprint density at radius 3 is 2.48 bits per heavy atom. The summed E-state index contributed by atoms with van der Waals surface area (Å²) in [7, 11) is 0. The molecule has 130 valence electrons. The number of aromatic carboxylic acids is 1. The summed E-state index contributed by atoms with van der Waals surface area (Å²) >= 11 is 7.12. The third kappa shape index (κ3) is 5.40. The summed E-state index contributed by atoms with van der Waals surface area (Å²) < 4.78 is 6.10. The van der Waals surface area contributed by atoms with Gasteiger partial charge in [-0.05, 0) is 84.2 Å².